The number of amides is 4. The fourth-order valence-corrected chi connectivity index (χ4v) is 4.61. The van der Waals surface area contributed by atoms with Crippen LogP contribution in [0.4, 0.5) is 11.4 Å². The van der Waals surface area contributed by atoms with E-state index in [4.69, 9.17) is 4.42 Å². The number of anilines is 2. The monoisotopic (exact) mass is 579 g/mol. The first-order valence-corrected chi connectivity index (χ1v) is 13.8. The lowest BCUT2D eigenvalue weighted by molar-refractivity contribution is -0.117. The molecule has 4 aromatic rings. The Kier molecular flexibility index (Phi) is 8.90. The highest BCUT2D eigenvalue weighted by atomic mass is 32.2. The smallest absolute Gasteiger partial charge is 0.272 e. The molecule has 0 fully saturated rings. The zero-order chi connectivity index (χ0) is 29.3. The van der Waals surface area contributed by atoms with Gasteiger partial charge >= 0.3 is 0 Å². The first-order chi connectivity index (χ1) is 20.4. The quantitative estimate of drug-likeness (QED) is 0.195. The molecule has 3 N–H and O–H groups in total. The van der Waals surface area contributed by atoms with Gasteiger partial charge in [-0.15, -0.1) is 11.8 Å². The Labute approximate surface area is 245 Å². The first kappa shape index (κ1) is 28.1. The standard InChI is InChI=1S/C31H25N5O5S/c37-28(34-27-19-29(38)36(35-27)23-10-5-2-6-11-23)20-42-25-15-13-22(14-16-25)32-31(40)26(18-24-12-7-17-41-24)33-30(39)21-8-3-1-4-9-21/h1-18H,19-20H2,(H,32,40)(H,33,39)(H,34,35,37)/b26-18-. The topological polar surface area (TPSA) is 133 Å². The van der Waals surface area contributed by atoms with Gasteiger partial charge in [0.2, 0.25) is 5.91 Å². The number of carbonyl (C=O) groups is 4. The van der Waals surface area contributed by atoms with Gasteiger partial charge in [-0.3, -0.25) is 19.2 Å². The Morgan fingerprint density at radius 2 is 1.60 bits per heavy atom. The van der Waals surface area contributed by atoms with Crippen LogP contribution in [0.2, 0.25) is 0 Å². The van der Waals surface area contributed by atoms with E-state index in [1.165, 1.54) is 29.1 Å². The molecular weight excluding hydrogens is 554 g/mol. The predicted molar refractivity (Wildman–Crippen MR) is 161 cm³/mol. The van der Waals surface area contributed by atoms with Crippen LogP contribution in [0.25, 0.3) is 6.08 Å². The first-order valence-electron chi connectivity index (χ1n) is 12.9. The molecule has 0 spiro atoms. The summed E-state index contributed by atoms with van der Waals surface area (Å²) in [5, 5.41) is 13.6. The van der Waals surface area contributed by atoms with Crippen LogP contribution in [0.5, 0.6) is 0 Å². The van der Waals surface area contributed by atoms with Gasteiger partial charge < -0.3 is 20.4 Å². The van der Waals surface area contributed by atoms with E-state index in [0.717, 1.165) is 4.90 Å². The van der Waals surface area contributed by atoms with Gasteiger partial charge in [0.15, 0.2) is 0 Å². The molecule has 10 nitrogen and oxygen atoms in total. The van der Waals surface area contributed by atoms with E-state index in [1.54, 1.807) is 78.9 Å². The van der Waals surface area contributed by atoms with Gasteiger partial charge in [-0.25, -0.2) is 0 Å². The van der Waals surface area contributed by atoms with Crippen molar-refractivity contribution in [3.8, 4) is 0 Å². The van der Waals surface area contributed by atoms with Gasteiger partial charge in [-0.2, -0.15) is 10.1 Å². The van der Waals surface area contributed by atoms with Crippen molar-refractivity contribution in [1.29, 1.82) is 0 Å². The minimum absolute atomic E-state index is 0.00747. The molecule has 0 saturated carbocycles. The Balaban J connectivity index is 1.16. The Bertz CT molecular complexity index is 1640. The average Bonchev–Trinajstić information content (AvgIpc) is 3.66. The Morgan fingerprint density at radius 3 is 2.29 bits per heavy atom. The van der Waals surface area contributed by atoms with E-state index < -0.39 is 11.8 Å². The maximum absolute atomic E-state index is 13.1. The second kappa shape index (κ2) is 13.3. The third-order valence-corrected chi connectivity index (χ3v) is 6.91. The molecule has 5 rings (SSSR count). The van der Waals surface area contributed by atoms with Crippen LogP contribution in [0.1, 0.15) is 22.5 Å². The fourth-order valence-electron chi connectivity index (χ4n) is 3.91. The third kappa shape index (κ3) is 7.40. The molecule has 0 aliphatic carbocycles. The number of amidine groups is 1. The van der Waals surface area contributed by atoms with Crippen LogP contribution in [0.3, 0.4) is 0 Å². The number of rotatable bonds is 9. The van der Waals surface area contributed by atoms with Crippen LogP contribution in [0.15, 0.2) is 123 Å². The molecule has 3 aromatic carbocycles. The lowest BCUT2D eigenvalue weighted by Gasteiger charge is -2.11. The van der Waals surface area contributed by atoms with Crippen LogP contribution in [-0.4, -0.2) is 35.2 Å². The number of nitrogens with zero attached hydrogens (tertiary/aromatic N) is 2. The van der Waals surface area contributed by atoms with Crippen molar-refractivity contribution in [2.45, 2.75) is 11.3 Å². The highest BCUT2D eigenvalue weighted by molar-refractivity contribution is 8.00. The minimum Gasteiger partial charge on any atom is -0.465 e. The normalized spacial score (nSPS) is 13.0. The zero-order valence-electron chi connectivity index (χ0n) is 22.2. The van der Waals surface area contributed by atoms with Crippen LogP contribution >= 0.6 is 11.8 Å². The highest BCUT2D eigenvalue weighted by Crippen LogP contribution is 2.22. The van der Waals surface area contributed by atoms with Crippen molar-refractivity contribution in [1.82, 2.24) is 10.6 Å². The number of hydrogen-bond donors (Lipinski definition) is 3. The molecule has 0 saturated heterocycles. The molecule has 2 heterocycles. The molecule has 42 heavy (non-hydrogen) atoms. The molecule has 1 aliphatic rings. The molecule has 210 valence electrons. The van der Waals surface area contributed by atoms with E-state index >= 15 is 0 Å². The van der Waals surface area contributed by atoms with Crippen molar-refractivity contribution in [2.75, 3.05) is 16.1 Å². The number of thioether (sulfide) groups is 1. The van der Waals surface area contributed by atoms with E-state index in [2.05, 4.69) is 21.1 Å². The molecule has 1 aromatic heterocycles. The number of benzene rings is 3. The lowest BCUT2D eigenvalue weighted by atomic mass is 10.2. The molecule has 0 bridgehead atoms. The number of nitrogens with one attached hydrogen (secondary N) is 3. The fraction of sp³-hybridized carbons (Fsp3) is 0.0645. The summed E-state index contributed by atoms with van der Waals surface area (Å²) >= 11 is 1.29. The van der Waals surface area contributed by atoms with E-state index in [-0.39, 0.29) is 29.7 Å². The van der Waals surface area contributed by atoms with Crippen LogP contribution < -0.4 is 21.0 Å². The minimum atomic E-state index is -0.535. The van der Waals surface area contributed by atoms with Gasteiger partial charge in [0.25, 0.3) is 17.7 Å². The Hall–Kier alpha value is -5.42. The summed E-state index contributed by atoms with van der Waals surface area (Å²) in [7, 11) is 0. The second-order valence-corrected chi connectivity index (χ2v) is 10.0. The van der Waals surface area contributed by atoms with Gasteiger partial charge in [0.1, 0.15) is 17.3 Å². The maximum Gasteiger partial charge on any atom is 0.272 e. The number of para-hydroxylation sites is 1. The molecule has 0 unspecified atom stereocenters. The predicted octanol–water partition coefficient (Wildman–Crippen LogP) is 4.65. The summed E-state index contributed by atoms with van der Waals surface area (Å²) in [5.41, 5.74) is 1.54. The van der Waals surface area contributed by atoms with Crippen LogP contribution in [-0.2, 0) is 14.4 Å². The highest BCUT2D eigenvalue weighted by Gasteiger charge is 2.26. The second-order valence-electron chi connectivity index (χ2n) is 8.97. The third-order valence-electron chi connectivity index (χ3n) is 5.90. The van der Waals surface area contributed by atoms with Crippen molar-refractivity contribution in [2.24, 2.45) is 5.10 Å². The van der Waals surface area contributed by atoms with Crippen molar-refractivity contribution < 1.29 is 23.6 Å². The van der Waals surface area contributed by atoms with Crippen molar-refractivity contribution >= 4 is 58.7 Å². The van der Waals surface area contributed by atoms with Crippen molar-refractivity contribution in [3.63, 3.8) is 0 Å². The largest absolute Gasteiger partial charge is 0.465 e. The summed E-state index contributed by atoms with van der Waals surface area (Å²) < 4.78 is 5.32. The molecule has 1 aliphatic heterocycles. The summed E-state index contributed by atoms with van der Waals surface area (Å²) in [6.07, 6.45) is 2.93. The molecule has 0 radical (unpaired) electrons. The number of carbonyl (C=O) groups excluding carboxylic acids is 4. The number of hydrogen-bond acceptors (Lipinski definition) is 7. The van der Waals surface area contributed by atoms with E-state index in [9.17, 15) is 19.2 Å². The summed E-state index contributed by atoms with van der Waals surface area (Å²) in [6.45, 7) is 0. The Morgan fingerprint density at radius 1 is 0.881 bits per heavy atom. The summed E-state index contributed by atoms with van der Waals surface area (Å²) in [4.78, 5) is 51.3. The van der Waals surface area contributed by atoms with Gasteiger partial charge in [-0.05, 0) is 60.7 Å². The van der Waals surface area contributed by atoms with E-state index in [1.807, 2.05) is 18.2 Å². The van der Waals surface area contributed by atoms with Crippen molar-refractivity contribution in [3.05, 3.63) is 120 Å². The number of furan rings is 1. The molecule has 4 amide bonds. The molecule has 0 atom stereocenters. The summed E-state index contributed by atoms with van der Waals surface area (Å²) in [5.74, 6) is -0.679. The lowest BCUT2D eigenvalue weighted by Crippen LogP contribution is -2.31. The number of hydrazone groups is 1. The van der Waals surface area contributed by atoms with E-state index in [0.29, 0.717) is 28.5 Å². The molecule has 11 heteroatoms. The van der Waals surface area contributed by atoms with Gasteiger partial charge in [0, 0.05) is 22.2 Å². The SMILES string of the molecule is O=C(CSc1ccc(NC(=O)/C(=C/c2ccco2)NC(=O)c2ccccc2)cc1)NC1=NN(c2ccccc2)C(=O)C1. The maximum atomic E-state index is 13.1. The van der Waals surface area contributed by atoms with Gasteiger partial charge in [0.05, 0.1) is 24.1 Å². The molecular formula is C31H25N5O5S. The van der Waals surface area contributed by atoms with Gasteiger partial charge in [-0.1, -0.05) is 36.4 Å². The zero-order valence-corrected chi connectivity index (χ0v) is 23.0. The average molecular weight is 580 g/mol. The van der Waals surface area contributed by atoms with Crippen LogP contribution in [0, 0.1) is 0 Å². The summed E-state index contributed by atoms with van der Waals surface area (Å²) in [6, 6.07) is 27.8.